The fraction of sp³-hybridized carbons (Fsp3) is 0.133. The van der Waals surface area contributed by atoms with Gasteiger partial charge in [-0.25, -0.2) is 15.0 Å². The molecule has 2 heterocycles. The number of hydrogen-bond donors (Lipinski definition) is 0. The van der Waals surface area contributed by atoms with Crippen molar-refractivity contribution >= 4 is 10.9 Å². The van der Waals surface area contributed by atoms with Crippen LogP contribution in [0, 0.1) is 6.92 Å². The lowest BCUT2D eigenvalue weighted by Crippen LogP contribution is -1.96. The van der Waals surface area contributed by atoms with Crippen LogP contribution >= 0.6 is 0 Å². The molecule has 0 aliphatic rings. The standard InChI is InChI=1S/C15H13N3O/c1-10-16-8-7-14(17-10)12-9-11-5-3-4-6-13(11)18-15(12)19-2/h3-9H,1-2H3. The number of benzene rings is 1. The summed E-state index contributed by atoms with van der Waals surface area (Å²) in [5.74, 6) is 1.31. The molecule has 4 heteroatoms. The predicted octanol–water partition coefficient (Wildman–Crippen LogP) is 3.01. The second-order valence-corrected chi connectivity index (χ2v) is 4.23. The summed E-state index contributed by atoms with van der Waals surface area (Å²) in [5.41, 5.74) is 2.61. The molecule has 0 bridgehead atoms. The van der Waals surface area contributed by atoms with Crippen molar-refractivity contribution in [2.75, 3.05) is 7.11 Å². The Morgan fingerprint density at radius 3 is 2.68 bits per heavy atom. The number of hydrogen-bond acceptors (Lipinski definition) is 4. The van der Waals surface area contributed by atoms with E-state index in [2.05, 4.69) is 15.0 Å². The quantitative estimate of drug-likeness (QED) is 0.702. The van der Waals surface area contributed by atoms with Crippen molar-refractivity contribution in [3.05, 3.63) is 48.4 Å². The SMILES string of the molecule is COc1nc2ccccc2cc1-c1ccnc(C)n1. The van der Waals surface area contributed by atoms with Gasteiger partial charge in [0.25, 0.3) is 0 Å². The molecule has 3 aromatic rings. The third-order valence-corrected chi connectivity index (χ3v) is 2.93. The second-order valence-electron chi connectivity index (χ2n) is 4.23. The van der Waals surface area contributed by atoms with Gasteiger partial charge in [0.15, 0.2) is 0 Å². The zero-order valence-electron chi connectivity index (χ0n) is 10.8. The van der Waals surface area contributed by atoms with Gasteiger partial charge < -0.3 is 4.74 Å². The maximum absolute atomic E-state index is 5.38. The lowest BCUT2D eigenvalue weighted by Gasteiger charge is -2.09. The van der Waals surface area contributed by atoms with Crippen molar-refractivity contribution in [3.8, 4) is 17.1 Å². The van der Waals surface area contributed by atoms with Gasteiger partial charge in [0.1, 0.15) is 5.82 Å². The Morgan fingerprint density at radius 1 is 1.05 bits per heavy atom. The Morgan fingerprint density at radius 2 is 1.89 bits per heavy atom. The van der Waals surface area contributed by atoms with E-state index in [1.165, 1.54) is 0 Å². The monoisotopic (exact) mass is 251 g/mol. The summed E-state index contributed by atoms with van der Waals surface area (Å²) in [6.07, 6.45) is 1.74. The summed E-state index contributed by atoms with van der Waals surface area (Å²) in [4.78, 5) is 13.1. The van der Waals surface area contributed by atoms with Crippen molar-refractivity contribution in [2.24, 2.45) is 0 Å². The van der Waals surface area contributed by atoms with Crippen LogP contribution in [0.4, 0.5) is 0 Å². The first-order valence-corrected chi connectivity index (χ1v) is 6.02. The molecule has 94 valence electrons. The lowest BCUT2D eigenvalue weighted by molar-refractivity contribution is 0.401. The van der Waals surface area contributed by atoms with E-state index in [1.54, 1.807) is 13.3 Å². The molecule has 3 rings (SSSR count). The highest BCUT2D eigenvalue weighted by Gasteiger charge is 2.10. The van der Waals surface area contributed by atoms with Gasteiger partial charge in [0, 0.05) is 11.6 Å². The van der Waals surface area contributed by atoms with E-state index in [1.807, 2.05) is 43.3 Å². The third kappa shape index (κ3) is 2.12. The summed E-state index contributed by atoms with van der Waals surface area (Å²) >= 11 is 0. The highest BCUT2D eigenvalue weighted by molar-refractivity contribution is 5.85. The lowest BCUT2D eigenvalue weighted by atomic mass is 10.1. The number of ether oxygens (including phenoxy) is 1. The number of aromatic nitrogens is 3. The summed E-state index contributed by atoms with van der Waals surface area (Å²) in [5, 5.41) is 1.06. The fourth-order valence-corrected chi connectivity index (χ4v) is 2.04. The fourth-order valence-electron chi connectivity index (χ4n) is 2.04. The minimum absolute atomic E-state index is 0.580. The Balaban J connectivity index is 2.27. The molecule has 1 aromatic carbocycles. The van der Waals surface area contributed by atoms with E-state index in [9.17, 15) is 0 Å². The molecular weight excluding hydrogens is 238 g/mol. The number of aryl methyl sites for hydroxylation is 1. The smallest absolute Gasteiger partial charge is 0.223 e. The molecule has 0 fully saturated rings. The van der Waals surface area contributed by atoms with Crippen molar-refractivity contribution in [2.45, 2.75) is 6.92 Å². The largest absolute Gasteiger partial charge is 0.480 e. The second kappa shape index (κ2) is 4.65. The number of rotatable bonds is 2. The molecule has 0 atom stereocenters. The number of fused-ring (bicyclic) bond motifs is 1. The molecule has 19 heavy (non-hydrogen) atoms. The molecule has 0 spiro atoms. The van der Waals surface area contributed by atoms with Gasteiger partial charge in [-0.15, -0.1) is 0 Å². The van der Waals surface area contributed by atoms with E-state index >= 15 is 0 Å². The van der Waals surface area contributed by atoms with Crippen LogP contribution in [0.2, 0.25) is 0 Å². The van der Waals surface area contributed by atoms with Gasteiger partial charge in [-0.1, -0.05) is 18.2 Å². The van der Waals surface area contributed by atoms with E-state index in [-0.39, 0.29) is 0 Å². The molecule has 0 saturated carbocycles. The molecule has 0 radical (unpaired) electrons. The maximum atomic E-state index is 5.38. The Bertz CT molecular complexity index is 740. The first-order valence-electron chi connectivity index (χ1n) is 6.02. The minimum atomic E-state index is 0.580. The number of pyridine rings is 1. The van der Waals surface area contributed by atoms with Crippen LogP contribution in [-0.2, 0) is 0 Å². The van der Waals surface area contributed by atoms with Gasteiger partial charge >= 0.3 is 0 Å². The van der Waals surface area contributed by atoms with Crippen LogP contribution in [0.15, 0.2) is 42.6 Å². The Hall–Kier alpha value is -2.49. The van der Waals surface area contributed by atoms with E-state index in [0.717, 1.165) is 28.0 Å². The molecule has 0 N–H and O–H groups in total. The van der Waals surface area contributed by atoms with E-state index in [4.69, 9.17) is 4.74 Å². The zero-order chi connectivity index (χ0) is 13.2. The molecule has 2 aromatic heterocycles. The molecule has 4 nitrogen and oxygen atoms in total. The molecule has 0 aliphatic heterocycles. The van der Waals surface area contributed by atoms with Crippen LogP contribution in [0.1, 0.15) is 5.82 Å². The summed E-state index contributed by atoms with van der Waals surface area (Å²) in [7, 11) is 1.62. The average Bonchev–Trinajstić information content (AvgIpc) is 2.46. The highest BCUT2D eigenvalue weighted by atomic mass is 16.5. The van der Waals surface area contributed by atoms with Gasteiger partial charge in [0.05, 0.1) is 23.9 Å². The van der Waals surface area contributed by atoms with Gasteiger partial charge in [-0.05, 0) is 25.1 Å². The minimum Gasteiger partial charge on any atom is -0.480 e. The Kier molecular flexibility index (Phi) is 2.83. The first-order chi connectivity index (χ1) is 9.28. The third-order valence-electron chi connectivity index (χ3n) is 2.93. The van der Waals surface area contributed by atoms with E-state index in [0.29, 0.717) is 5.88 Å². The predicted molar refractivity (Wildman–Crippen MR) is 74.1 cm³/mol. The average molecular weight is 251 g/mol. The highest BCUT2D eigenvalue weighted by Crippen LogP contribution is 2.30. The van der Waals surface area contributed by atoms with Gasteiger partial charge in [-0.3, -0.25) is 0 Å². The number of para-hydroxylation sites is 1. The molecule has 0 amide bonds. The van der Waals surface area contributed by atoms with Crippen LogP contribution < -0.4 is 4.74 Å². The van der Waals surface area contributed by atoms with Crippen LogP contribution in [0.5, 0.6) is 5.88 Å². The summed E-state index contributed by atoms with van der Waals surface area (Å²) < 4.78 is 5.38. The summed E-state index contributed by atoms with van der Waals surface area (Å²) in [6.45, 7) is 1.87. The van der Waals surface area contributed by atoms with Gasteiger partial charge in [-0.2, -0.15) is 0 Å². The van der Waals surface area contributed by atoms with Crippen molar-refractivity contribution in [1.82, 2.24) is 15.0 Å². The van der Waals surface area contributed by atoms with Crippen molar-refractivity contribution in [3.63, 3.8) is 0 Å². The first kappa shape index (κ1) is 11.6. The van der Waals surface area contributed by atoms with Crippen molar-refractivity contribution < 1.29 is 4.74 Å². The Labute approximate surface area is 111 Å². The van der Waals surface area contributed by atoms with E-state index < -0.39 is 0 Å². The summed E-state index contributed by atoms with van der Waals surface area (Å²) in [6, 6.07) is 11.9. The van der Waals surface area contributed by atoms with Crippen LogP contribution in [0.25, 0.3) is 22.2 Å². The molecule has 0 aliphatic carbocycles. The topological polar surface area (TPSA) is 47.9 Å². The number of methoxy groups -OCH3 is 1. The molecule has 0 saturated heterocycles. The van der Waals surface area contributed by atoms with Crippen molar-refractivity contribution in [1.29, 1.82) is 0 Å². The van der Waals surface area contributed by atoms with Gasteiger partial charge in [0.2, 0.25) is 5.88 Å². The zero-order valence-corrected chi connectivity index (χ0v) is 10.8. The normalized spacial score (nSPS) is 10.6. The van der Waals surface area contributed by atoms with Crippen LogP contribution in [-0.4, -0.2) is 22.1 Å². The molecule has 0 unspecified atom stereocenters. The molecular formula is C15H13N3O. The maximum Gasteiger partial charge on any atom is 0.223 e. The van der Waals surface area contributed by atoms with Crippen LogP contribution in [0.3, 0.4) is 0 Å². The number of nitrogens with zero attached hydrogens (tertiary/aromatic N) is 3.